The van der Waals surface area contributed by atoms with Crippen LogP contribution < -0.4 is 10.6 Å². The molecular weight excluding hydrogens is 254 g/mol. The molecular formula is C11H17N3O5. The zero-order valence-corrected chi connectivity index (χ0v) is 10.8. The van der Waals surface area contributed by atoms with E-state index in [0.29, 0.717) is 6.42 Å². The van der Waals surface area contributed by atoms with Gasteiger partial charge in [-0.1, -0.05) is 20.3 Å². The van der Waals surface area contributed by atoms with E-state index in [2.05, 4.69) is 10.6 Å². The van der Waals surface area contributed by atoms with Crippen molar-refractivity contribution in [2.45, 2.75) is 26.3 Å². The standard InChI is InChI=1S/C11H17N3O5/c1-3-6(2)9(10(17)18)13-11(19)14-4-7(15)12-8(16)5-14/h6,9H,3-5H2,1-2H3,(H,13,19)(H,17,18)(H,12,15,16)/t6-,9-/m0/s1. The largest absolute Gasteiger partial charge is 0.480 e. The summed E-state index contributed by atoms with van der Waals surface area (Å²) in [6, 6.07) is -1.77. The molecule has 106 valence electrons. The molecule has 1 fully saturated rings. The van der Waals surface area contributed by atoms with E-state index in [9.17, 15) is 19.2 Å². The molecule has 0 aromatic heterocycles. The molecule has 4 amide bonds. The van der Waals surface area contributed by atoms with Gasteiger partial charge >= 0.3 is 12.0 Å². The summed E-state index contributed by atoms with van der Waals surface area (Å²) in [7, 11) is 0. The highest BCUT2D eigenvalue weighted by atomic mass is 16.4. The van der Waals surface area contributed by atoms with Gasteiger partial charge in [0.25, 0.3) is 0 Å². The van der Waals surface area contributed by atoms with Crippen molar-refractivity contribution in [3.63, 3.8) is 0 Å². The van der Waals surface area contributed by atoms with Crippen molar-refractivity contribution in [1.29, 1.82) is 0 Å². The van der Waals surface area contributed by atoms with Crippen LogP contribution in [0.15, 0.2) is 0 Å². The second kappa shape index (κ2) is 6.17. The predicted molar refractivity (Wildman–Crippen MR) is 64.1 cm³/mol. The van der Waals surface area contributed by atoms with Crippen LogP contribution in [0.5, 0.6) is 0 Å². The summed E-state index contributed by atoms with van der Waals surface area (Å²) < 4.78 is 0. The average molecular weight is 271 g/mol. The lowest BCUT2D eigenvalue weighted by Crippen LogP contribution is -2.58. The molecule has 0 spiro atoms. The van der Waals surface area contributed by atoms with Crippen LogP contribution in [0.3, 0.4) is 0 Å². The van der Waals surface area contributed by atoms with E-state index in [1.165, 1.54) is 0 Å². The SMILES string of the molecule is CC[C@H](C)[C@H](NC(=O)N1CC(=O)NC(=O)C1)C(=O)O. The second-order valence-electron chi connectivity index (χ2n) is 4.48. The highest BCUT2D eigenvalue weighted by Crippen LogP contribution is 2.09. The van der Waals surface area contributed by atoms with Crippen molar-refractivity contribution < 1.29 is 24.3 Å². The number of amides is 4. The van der Waals surface area contributed by atoms with E-state index >= 15 is 0 Å². The Morgan fingerprint density at radius 2 is 1.89 bits per heavy atom. The Morgan fingerprint density at radius 1 is 1.37 bits per heavy atom. The molecule has 1 aliphatic rings. The molecule has 0 bridgehead atoms. The maximum Gasteiger partial charge on any atom is 0.326 e. The van der Waals surface area contributed by atoms with Gasteiger partial charge in [0.1, 0.15) is 19.1 Å². The molecule has 8 heteroatoms. The van der Waals surface area contributed by atoms with E-state index in [0.717, 1.165) is 4.90 Å². The number of imide groups is 1. The van der Waals surface area contributed by atoms with Crippen LogP contribution in [0.25, 0.3) is 0 Å². The van der Waals surface area contributed by atoms with Crippen LogP contribution in [0.1, 0.15) is 20.3 Å². The minimum atomic E-state index is -1.14. The number of rotatable bonds is 4. The lowest BCUT2D eigenvalue weighted by molar-refractivity contribution is -0.140. The molecule has 19 heavy (non-hydrogen) atoms. The summed E-state index contributed by atoms with van der Waals surface area (Å²) in [6.45, 7) is 2.99. The van der Waals surface area contributed by atoms with Crippen LogP contribution in [0, 0.1) is 5.92 Å². The molecule has 1 aliphatic heterocycles. The molecule has 0 radical (unpaired) electrons. The van der Waals surface area contributed by atoms with Crippen molar-refractivity contribution in [3.05, 3.63) is 0 Å². The van der Waals surface area contributed by atoms with Crippen LogP contribution in [-0.4, -0.2) is 53.0 Å². The van der Waals surface area contributed by atoms with E-state index in [-0.39, 0.29) is 19.0 Å². The number of carboxylic acids is 1. The first kappa shape index (κ1) is 14.9. The third-order valence-corrected chi connectivity index (χ3v) is 2.99. The van der Waals surface area contributed by atoms with Crippen molar-refractivity contribution in [3.8, 4) is 0 Å². The van der Waals surface area contributed by atoms with Gasteiger partial charge in [-0.2, -0.15) is 0 Å². The van der Waals surface area contributed by atoms with Gasteiger partial charge in [0.15, 0.2) is 0 Å². The molecule has 8 nitrogen and oxygen atoms in total. The van der Waals surface area contributed by atoms with E-state index in [1.807, 2.05) is 6.92 Å². The second-order valence-corrected chi connectivity index (χ2v) is 4.48. The molecule has 0 aromatic carbocycles. The minimum absolute atomic E-state index is 0.254. The third-order valence-electron chi connectivity index (χ3n) is 2.99. The number of hydrogen-bond acceptors (Lipinski definition) is 4. The summed E-state index contributed by atoms with van der Waals surface area (Å²) in [5.74, 6) is -2.56. The number of hydrogen-bond donors (Lipinski definition) is 3. The molecule has 3 N–H and O–H groups in total. The topological polar surface area (TPSA) is 116 Å². The number of nitrogens with zero attached hydrogens (tertiary/aromatic N) is 1. The number of urea groups is 1. The summed E-state index contributed by atoms with van der Waals surface area (Å²) in [4.78, 5) is 46.2. The van der Waals surface area contributed by atoms with Crippen molar-refractivity contribution in [2.75, 3.05) is 13.1 Å². The van der Waals surface area contributed by atoms with Gasteiger partial charge in [0.2, 0.25) is 11.8 Å². The fraction of sp³-hybridized carbons (Fsp3) is 0.636. The fourth-order valence-electron chi connectivity index (χ4n) is 1.69. The minimum Gasteiger partial charge on any atom is -0.480 e. The van der Waals surface area contributed by atoms with Crippen LogP contribution in [-0.2, 0) is 14.4 Å². The monoisotopic (exact) mass is 271 g/mol. The first-order valence-electron chi connectivity index (χ1n) is 5.96. The molecule has 0 aromatic rings. The Balaban J connectivity index is 2.69. The Kier molecular flexibility index (Phi) is 4.85. The third kappa shape index (κ3) is 3.94. The molecule has 1 rings (SSSR count). The Morgan fingerprint density at radius 3 is 2.32 bits per heavy atom. The van der Waals surface area contributed by atoms with Crippen molar-refractivity contribution >= 4 is 23.8 Å². The molecule has 1 heterocycles. The summed E-state index contributed by atoms with van der Waals surface area (Å²) >= 11 is 0. The lowest BCUT2D eigenvalue weighted by atomic mass is 9.99. The number of nitrogens with one attached hydrogen (secondary N) is 2. The van der Waals surface area contributed by atoms with Gasteiger partial charge in [0.05, 0.1) is 0 Å². The number of carbonyl (C=O) groups is 4. The lowest BCUT2D eigenvalue weighted by Gasteiger charge is -2.28. The number of carboxylic acid groups (broad SMARTS) is 1. The smallest absolute Gasteiger partial charge is 0.326 e. The Bertz CT molecular complexity index is 393. The molecule has 0 aliphatic carbocycles. The highest BCUT2D eigenvalue weighted by Gasteiger charge is 2.31. The molecule has 2 atom stereocenters. The van der Waals surface area contributed by atoms with E-state index < -0.39 is 29.9 Å². The number of carbonyl (C=O) groups excluding carboxylic acids is 3. The van der Waals surface area contributed by atoms with E-state index in [4.69, 9.17) is 5.11 Å². The van der Waals surface area contributed by atoms with Gasteiger partial charge in [-0.15, -0.1) is 0 Å². The first-order valence-corrected chi connectivity index (χ1v) is 5.96. The van der Waals surface area contributed by atoms with Gasteiger partial charge in [-0.3, -0.25) is 14.9 Å². The Labute approximate surface area is 110 Å². The van der Waals surface area contributed by atoms with Gasteiger partial charge in [0, 0.05) is 0 Å². The van der Waals surface area contributed by atoms with Crippen molar-refractivity contribution in [2.24, 2.45) is 5.92 Å². The van der Waals surface area contributed by atoms with Gasteiger partial charge < -0.3 is 15.3 Å². The van der Waals surface area contributed by atoms with Crippen molar-refractivity contribution in [1.82, 2.24) is 15.5 Å². The molecule has 0 unspecified atom stereocenters. The number of aliphatic carboxylic acids is 1. The summed E-state index contributed by atoms with van der Waals surface area (Å²) in [5.41, 5.74) is 0. The quantitative estimate of drug-likeness (QED) is 0.576. The van der Waals surface area contributed by atoms with Gasteiger partial charge in [-0.05, 0) is 5.92 Å². The fourth-order valence-corrected chi connectivity index (χ4v) is 1.69. The predicted octanol–water partition coefficient (Wildman–Crippen LogP) is -0.846. The summed E-state index contributed by atoms with van der Waals surface area (Å²) in [6.07, 6.45) is 0.580. The average Bonchev–Trinajstić information content (AvgIpc) is 2.33. The van der Waals surface area contributed by atoms with Crippen LogP contribution in [0.2, 0.25) is 0 Å². The van der Waals surface area contributed by atoms with Crippen LogP contribution in [0.4, 0.5) is 4.79 Å². The molecule has 1 saturated heterocycles. The summed E-state index contributed by atoms with van der Waals surface area (Å²) in [5, 5.41) is 13.4. The zero-order chi connectivity index (χ0) is 14.6. The van der Waals surface area contributed by atoms with Crippen LogP contribution >= 0.6 is 0 Å². The first-order chi connectivity index (χ1) is 8.85. The zero-order valence-electron chi connectivity index (χ0n) is 10.8. The highest BCUT2D eigenvalue weighted by molar-refractivity contribution is 6.02. The van der Waals surface area contributed by atoms with E-state index in [1.54, 1.807) is 6.92 Å². The maximum atomic E-state index is 11.8. The Hall–Kier alpha value is -2.12. The molecule has 0 saturated carbocycles. The normalized spacial score (nSPS) is 18.5. The maximum absolute atomic E-state index is 11.8. The number of piperazine rings is 1. The van der Waals surface area contributed by atoms with Gasteiger partial charge in [-0.25, -0.2) is 9.59 Å².